The summed E-state index contributed by atoms with van der Waals surface area (Å²) in [6.45, 7) is 4.24. The molecule has 0 saturated carbocycles. The first kappa shape index (κ1) is 14.1. The number of hydrogen-bond acceptors (Lipinski definition) is 3. The molecule has 20 heavy (non-hydrogen) atoms. The van der Waals surface area contributed by atoms with E-state index in [9.17, 15) is 4.79 Å². The zero-order valence-electron chi connectivity index (χ0n) is 12.1. The summed E-state index contributed by atoms with van der Waals surface area (Å²) >= 11 is 0. The van der Waals surface area contributed by atoms with Gasteiger partial charge in [0.2, 0.25) is 0 Å². The molecule has 0 aliphatic carbocycles. The van der Waals surface area contributed by atoms with Crippen LogP contribution in [-0.4, -0.2) is 19.4 Å². The number of methoxy groups -OCH3 is 1. The maximum absolute atomic E-state index is 12.3. The van der Waals surface area contributed by atoms with Crippen molar-refractivity contribution in [3.05, 3.63) is 59.2 Å². The van der Waals surface area contributed by atoms with E-state index in [2.05, 4.69) is 5.32 Å². The predicted molar refractivity (Wildman–Crippen MR) is 81.7 cm³/mol. The monoisotopic (exact) mass is 269 g/mol. The average Bonchev–Trinajstić information content (AvgIpc) is 2.45. The van der Waals surface area contributed by atoms with Crippen molar-refractivity contribution in [3.8, 4) is 5.75 Å². The molecular formula is C17H19NO2. The van der Waals surface area contributed by atoms with Gasteiger partial charge in [-0.25, -0.2) is 0 Å². The highest BCUT2D eigenvalue weighted by molar-refractivity contribution is 6.01. The Bertz CT molecular complexity index is 620. The van der Waals surface area contributed by atoms with Crippen LogP contribution in [0.5, 0.6) is 5.75 Å². The fourth-order valence-corrected chi connectivity index (χ4v) is 2.07. The van der Waals surface area contributed by atoms with E-state index in [1.54, 1.807) is 7.11 Å². The SMILES string of the molecule is COc1ccc(C)cc1C(=O)CNc1cccc(C)c1. The maximum Gasteiger partial charge on any atom is 0.185 e. The smallest absolute Gasteiger partial charge is 0.185 e. The molecule has 0 saturated heterocycles. The Balaban J connectivity index is 2.10. The van der Waals surface area contributed by atoms with E-state index in [1.165, 1.54) is 0 Å². The van der Waals surface area contributed by atoms with Gasteiger partial charge < -0.3 is 10.1 Å². The Morgan fingerprint density at radius 3 is 2.55 bits per heavy atom. The van der Waals surface area contributed by atoms with Crippen molar-refractivity contribution in [1.29, 1.82) is 0 Å². The summed E-state index contributed by atoms with van der Waals surface area (Å²) in [4.78, 5) is 12.3. The van der Waals surface area contributed by atoms with Crippen LogP contribution < -0.4 is 10.1 Å². The van der Waals surface area contributed by atoms with Crippen LogP contribution in [-0.2, 0) is 0 Å². The first-order valence-electron chi connectivity index (χ1n) is 6.58. The summed E-state index contributed by atoms with van der Waals surface area (Å²) in [5, 5.41) is 3.15. The van der Waals surface area contributed by atoms with Gasteiger partial charge >= 0.3 is 0 Å². The number of ketones is 1. The van der Waals surface area contributed by atoms with Crippen LogP contribution in [0.1, 0.15) is 21.5 Å². The van der Waals surface area contributed by atoms with Gasteiger partial charge in [-0.1, -0.05) is 23.8 Å². The highest BCUT2D eigenvalue weighted by Crippen LogP contribution is 2.20. The molecule has 0 aromatic heterocycles. The van der Waals surface area contributed by atoms with Gasteiger partial charge in [-0.15, -0.1) is 0 Å². The molecule has 2 rings (SSSR count). The van der Waals surface area contributed by atoms with Crippen molar-refractivity contribution in [2.75, 3.05) is 19.0 Å². The van der Waals surface area contributed by atoms with Crippen molar-refractivity contribution < 1.29 is 9.53 Å². The number of rotatable bonds is 5. The summed E-state index contributed by atoms with van der Waals surface area (Å²) < 4.78 is 5.24. The fourth-order valence-electron chi connectivity index (χ4n) is 2.07. The standard InChI is InChI=1S/C17H19NO2/c1-12-5-4-6-14(9-12)18-11-16(19)15-10-13(2)7-8-17(15)20-3/h4-10,18H,11H2,1-3H3. The molecule has 0 heterocycles. The molecule has 0 amide bonds. The second kappa shape index (κ2) is 6.24. The van der Waals surface area contributed by atoms with E-state index in [-0.39, 0.29) is 12.3 Å². The number of ether oxygens (including phenoxy) is 1. The van der Waals surface area contributed by atoms with Crippen LogP contribution in [0.15, 0.2) is 42.5 Å². The minimum atomic E-state index is 0.0204. The number of hydrogen-bond donors (Lipinski definition) is 1. The molecular weight excluding hydrogens is 250 g/mol. The quantitative estimate of drug-likeness (QED) is 0.843. The number of carbonyl (C=O) groups excluding carboxylic acids is 1. The minimum absolute atomic E-state index is 0.0204. The van der Waals surface area contributed by atoms with Crippen LogP contribution in [0.3, 0.4) is 0 Å². The van der Waals surface area contributed by atoms with Crippen molar-refractivity contribution in [2.45, 2.75) is 13.8 Å². The lowest BCUT2D eigenvalue weighted by Gasteiger charge is -2.10. The Labute approximate surface area is 119 Å². The van der Waals surface area contributed by atoms with Gasteiger partial charge in [0.1, 0.15) is 5.75 Å². The van der Waals surface area contributed by atoms with Crippen LogP contribution in [0.4, 0.5) is 5.69 Å². The van der Waals surface area contributed by atoms with Gasteiger partial charge in [-0.2, -0.15) is 0 Å². The molecule has 3 heteroatoms. The second-order valence-corrected chi connectivity index (χ2v) is 4.85. The van der Waals surface area contributed by atoms with E-state index >= 15 is 0 Å². The summed E-state index contributed by atoms with van der Waals surface area (Å²) in [6.07, 6.45) is 0. The van der Waals surface area contributed by atoms with E-state index in [4.69, 9.17) is 4.74 Å². The third kappa shape index (κ3) is 3.38. The number of Topliss-reactive ketones (excluding diaryl/α,β-unsaturated/α-hetero) is 1. The van der Waals surface area contributed by atoms with Gasteiger partial charge in [0.05, 0.1) is 19.2 Å². The number of anilines is 1. The first-order valence-corrected chi connectivity index (χ1v) is 6.58. The molecule has 0 fully saturated rings. The number of nitrogens with one attached hydrogen (secondary N) is 1. The highest BCUT2D eigenvalue weighted by atomic mass is 16.5. The molecule has 0 bridgehead atoms. The third-order valence-electron chi connectivity index (χ3n) is 3.13. The van der Waals surface area contributed by atoms with Crippen LogP contribution in [0.25, 0.3) is 0 Å². The number of carbonyl (C=O) groups is 1. The van der Waals surface area contributed by atoms with Crippen molar-refractivity contribution in [3.63, 3.8) is 0 Å². The van der Waals surface area contributed by atoms with E-state index in [1.807, 2.05) is 56.3 Å². The Kier molecular flexibility index (Phi) is 4.41. The van der Waals surface area contributed by atoms with E-state index in [0.717, 1.165) is 16.8 Å². The predicted octanol–water partition coefficient (Wildman–Crippen LogP) is 3.61. The molecule has 0 radical (unpaired) electrons. The Hall–Kier alpha value is -2.29. The molecule has 3 nitrogen and oxygen atoms in total. The normalized spacial score (nSPS) is 10.2. The summed E-state index contributed by atoms with van der Waals surface area (Å²) in [5.74, 6) is 0.638. The first-order chi connectivity index (χ1) is 9.60. The van der Waals surface area contributed by atoms with Gasteiger partial charge in [-0.05, 0) is 43.7 Å². The second-order valence-electron chi connectivity index (χ2n) is 4.85. The molecule has 104 valence electrons. The van der Waals surface area contributed by atoms with Crippen molar-refractivity contribution in [2.24, 2.45) is 0 Å². The van der Waals surface area contributed by atoms with Gasteiger partial charge in [0, 0.05) is 5.69 Å². The molecule has 0 unspecified atom stereocenters. The third-order valence-corrected chi connectivity index (χ3v) is 3.13. The molecule has 1 N–H and O–H groups in total. The van der Waals surface area contributed by atoms with Crippen molar-refractivity contribution in [1.82, 2.24) is 0 Å². The van der Waals surface area contributed by atoms with E-state index < -0.39 is 0 Å². The van der Waals surface area contributed by atoms with E-state index in [0.29, 0.717) is 11.3 Å². The fraction of sp³-hybridized carbons (Fsp3) is 0.235. The maximum atomic E-state index is 12.3. The topological polar surface area (TPSA) is 38.3 Å². The molecule has 2 aromatic rings. The number of aryl methyl sites for hydroxylation is 2. The lowest BCUT2D eigenvalue weighted by molar-refractivity contribution is 0.100. The average molecular weight is 269 g/mol. The van der Waals surface area contributed by atoms with Gasteiger partial charge in [0.25, 0.3) is 0 Å². The lowest BCUT2D eigenvalue weighted by atomic mass is 10.1. The van der Waals surface area contributed by atoms with Crippen LogP contribution >= 0.6 is 0 Å². The molecule has 0 spiro atoms. The van der Waals surface area contributed by atoms with Crippen molar-refractivity contribution >= 4 is 11.5 Å². The van der Waals surface area contributed by atoms with Crippen LogP contribution in [0.2, 0.25) is 0 Å². The number of benzene rings is 2. The van der Waals surface area contributed by atoms with Gasteiger partial charge in [-0.3, -0.25) is 4.79 Å². The largest absolute Gasteiger partial charge is 0.496 e. The lowest BCUT2D eigenvalue weighted by Crippen LogP contribution is -2.15. The minimum Gasteiger partial charge on any atom is -0.496 e. The van der Waals surface area contributed by atoms with Gasteiger partial charge in [0.15, 0.2) is 5.78 Å². The zero-order valence-corrected chi connectivity index (χ0v) is 12.1. The Morgan fingerprint density at radius 2 is 1.85 bits per heavy atom. The summed E-state index contributed by atoms with van der Waals surface area (Å²) in [7, 11) is 1.58. The molecule has 2 aromatic carbocycles. The highest BCUT2D eigenvalue weighted by Gasteiger charge is 2.12. The van der Waals surface area contributed by atoms with Crippen LogP contribution in [0, 0.1) is 13.8 Å². The molecule has 0 aliphatic heterocycles. The summed E-state index contributed by atoms with van der Waals surface area (Å²) in [5.41, 5.74) is 3.78. The zero-order chi connectivity index (χ0) is 14.5. The summed E-state index contributed by atoms with van der Waals surface area (Å²) in [6, 6.07) is 13.6. The Morgan fingerprint density at radius 1 is 1.10 bits per heavy atom. The molecule has 0 aliphatic rings. The molecule has 0 atom stereocenters.